The standard InChI is InChI=1S/C14H18N2O4/c1-9(2)10-4-3-5-11(8-10)15-14(20)16-12(17)6-7-13(18)19/h3-5,8-9H,6-7H2,1-2H3,(H,18,19)(H2,15,16,17,20). The van der Waals surface area contributed by atoms with Gasteiger partial charge in [0.25, 0.3) is 0 Å². The summed E-state index contributed by atoms with van der Waals surface area (Å²) in [5.74, 6) is -1.37. The minimum atomic E-state index is -1.08. The maximum Gasteiger partial charge on any atom is 0.325 e. The summed E-state index contributed by atoms with van der Waals surface area (Å²) in [4.78, 5) is 33.1. The molecule has 0 fully saturated rings. The highest BCUT2D eigenvalue weighted by Crippen LogP contribution is 2.18. The average Bonchev–Trinajstić information content (AvgIpc) is 2.36. The Hall–Kier alpha value is -2.37. The van der Waals surface area contributed by atoms with Crippen LogP contribution in [0.4, 0.5) is 10.5 Å². The summed E-state index contributed by atoms with van der Waals surface area (Å²) in [6, 6.07) is 6.64. The van der Waals surface area contributed by atoms with Crippen LogP contribution in [-0.2, 0) is 9.59 Å². The summed E-state index contributed by atoms with van der Waals surface area (Å²) in [5.41, 5.74) is 1.65. The first-order valence-corrected chi connectivity index (χ1v) is 6.31. The molecule has 0 aromatic heterocycles. The van der Waals surface area contributed by atoms with Gasteiger partial charge in [0.15, 0.2) is 0 Å². The SMILES string of the molecule is CC(C)c1cccc(NC(=O)NC(=O)CCC(=O)O)c1. The number of urea groups is 1. The van der Waals surface area contributed by atoms with Crippen molar-refractivity contribution >= 4 is 23.6 Å². The zero-order valence-electron chi connectivity index (χ0n) is 11.5. The van der Waals surface area contributed by atoms with Crippen LogP contribution >= 0.6 is 0 Å². The lowest BCUT2D eigenvalue weighted by Gasteiger charge is -2.09. The second-order valence-corrected chi connectivity index (χ2v) is 4.68. The Morgan fingerprint density at radius 3 is 2.50 bits per heavy atom. The van der Waals surface area contributed by atoms with Crippen LogP contribution < -0.4 is 10.6 Å². The van der Waals surface area contributed by atoms with Crippen molar-refractivity contribution < 1.29 is 19.5 Å². The van der Waals surface area contributed by atoms with Gasteiger partial charge in [-0.05, 0) is 23.6 Å². The Bertz CT molecular complexity index is 512. The molecule has 1 aromatic rings. The van der Waals surface area contributed by atoms with Gasteiger partial charge in [0.2, 0.25) is 5.91 Å². The molecule has 6 nitrogen and oxygen atoms in total. The van der Waals surface area contributed by atoms with Gasteiger partial charge >= 0.3 is 12.0 Å². The topological polar surface area (TPSA) is 95.5 Å². The number of nitrogens with one attached hydrogen (secondary N) is 2. The van der Waals surface area contributed by atoms with Crippen molar-refractivity contribution in [2.75, 3.05) is 5.32 Å². The smallest absolute Gasteiger partial charge is 0.325 e. The second kappa shape index (κ2) is 7.28. The van der Waals surface area contributed by atoms with Crippen molar-refractivity contribution in [2.45, 2.75) is 32.6 Å². The molecule has 3 amide bonds. The number of imide groups is 1. The van der Waals surface area contributed by atoms with Crippen LogP contribution in [0.5, 0.6) is 0 Å². The highest BCUT2D eigenvalue weighted by atomic mass is 16.4. The fourth-order valence-electron chi connectivity index (χ4n) is 1.55. The molecule has 6 heteroatoms. The number of carbonyl (C=O) groups is 3. The van der Waals surface area contributed by atoms with Gasteiger partial charge < -0.3 is 10.4 Å². The molecule has 20 heavy (non-hydrogen) atoms. The molecule has 1 aromatic carbocycles. The van der Waals surface area contributed by atoms with Crippen LogP contribution in [0.3, 0.4) is 0 Å². The van der Waals surface area contributed by atoms with Gasteiger partial charge in [-0.3, -0.25) is 14.9 Å². The number of carbonyl (C=O) groups excluding carboxylic acids is 2. The maximum atomic E-state index is 11.6. The molecule has 108 valence electrons. The van der Waals surface area contributed by atoms with Crippen LogP contribution in [0.1, 0.15) is 38.2 Å². The molecular weight excluding hydrogens is 260 g/mol. The lowest BCUT2D eigenvalue weighted by atomic mass is 10.0. The van der Waals surface area contributed by atoms with Gasteiger partial charge in [-0.15, -0.1) is 0 Å². The Balaban J connectivity index is 2.52. The first kappa shape index (κ1) is 15.7. The molecule has 0 bridgehead atoms. The first-order chi connectivity index (χ1) is 9.38. The fraction of sp³-hybridized carbons (Fsp3) is 0.357. The Morgan fingerprint density at radius 2 is 1.90 bits per heavy atom. The van der Waals surface area contributed by atoms with Crippen molar-refractivity contribution in [2.24, 2.45) is 0 Å². The minimum Gasteiger partial charge on any atom is -0.481 e. The quantitative estimate of drug-likeness (QED) is 0.770. The summed E-state index contributed by atoms with van der Waals surface area (Å²) in [7, 11) is 0. The molecule has 3 N–H and O–H groups in total. The van der Waals surface area contributed by atoms with E-state index in [4.69, 9.17) is 5.11 Å². The summed E-state index contributed by atoms with van der Waals surface area (Å²) in [5, 5.41) is 13.1. The molecule has 0 aliphatic heterocycles. The fourth-order valence-corrected chi connectivity index (χ4v) is 1.55. The molecule has 0 radical (unpaired) electrons. The van der Waals surface area contributed by atoms with Crippen molar-refractivity contribution in [3.8, 4) is 0 Å². The highest BCUT2D eigenvalue weighted by Gasteiger charge is 2.10. The van der Waals surface area contributed by atoms with Crippen molar-refractivity contribution in [3.05, 3.63) is 29.8 Å². The molecule has 0 saturated carbocycles. The molecule has 0 spiro atoms. The highest BCUT2D eigenvalue weighted by molar-refractivity contribution is 6.01. The van der Waals surface area contributed by atoms with E-state index < -0.39 is 17.9 Å². The van der Waals surface area contributed by atoms with E-state index in [9.17, 15) is 14.4 Å². The van der Waals surface area contributed by atoms with E-state index in [1.165, 1.54) is 0 Å². The summed E-state index contributed by atoms with van der Waals surface area (Å²) in [6.07, 6.45) is -0.531. The molecule has 0 aliphatic carbocycles. The van der Waals surface area contributed by atoms with Gasteiger partial charge in [0.05, 0.1) is 6.42 Å². The summed E-state index contributed by atoms with van der Waals surface area (Å²) < 4.78 is 0. The van der Waals surface area contributed by atoms with E-state index in [0.29, 0.717) is 11.6 Å². The number of carboxylic acid groups (broad SMARTS) is 1. The van der Waals surface area contributed by atoms with Crippen molar-refractivity contribution in [3.63, 3.8) is 0 Å². The number of amides is 3. The lowest BCUT2D eigenvalue weighted by Crippen LogP contribution is -2.34. The molecule has 0 unspecified atom stereocenters. The molecule has 1 rings (SSSR count). The molecule has 0 heterocycles. The summed E-state index contributed by atoms with van der Waals surface area (Å²) >= 11 is 0. The number of benzene rings is 1. The van der Waals surface area contributed by atoms with Crippen molar-refractivity contribution in [1.82, 2.24) is 5.32 Å². The Labute approximate surface area is 117 Å². The molecular formula is C14H18N2O4. The van der Waals surface area contributed by atoms with Gasteiger partial charge in [-0.1, -0.05) is 26.0 Å². The van der Waals surface area contributed by atoms with Crippen LogP contribution in [0, 0.1) is 0 Å². The number of hydrogen-bond donors (Lipinski definition) is 3. The number of hydrogen-bond acceptors (Lipinski definition) is 3. The number of anilines is 1. The average molecular weight is 278 g/mol. The molecule has 0 aliphatic rings. The molecule has 0 atom stereocenters. The number of carboxylic acids is 1. The second-order valence-electron chi connectivity index (χ2n) is 4.68. The number of aliphatic carboxylic acids is 1. The third-order valence-electron chi connectivity index (χ3n) is 2.63. The van der Waals surface area contributed by atoms with E-state index in [1.54, 1.807) is 6.07 Å². The molecule has 0 saturated heterocycles. The zero-order valence-corrected chi connectivity index (χ0v) is 11.5. The predicted molar refractivity (Wildman–Crippen MR) is 74.6 cm³/mol. The monoisotopic (exact) mass is 278 g/mol. The maximum absolute atomic E-state index is 11.6. The summed E-state index contributed by atoms with van der Waals surface area (Å²) in [6.45, 7) is 4.07. The number of rotatable bonds is 5. The lowest BCUT2D eigenvalue weighted by molar-refractivity contribution is -0.138. The van der Waals surface area contributed by atoms with E-state index in [2.05, 4.69) is 10.6 Å². The van der Waals surface area contributed by atoms with Gasteiger partial charge in [0, 0.05) is 12.1 Å². The van der Waals surface area contributed by atoms with Crippen LogP contribution in [0.2, 0.25) is 0 Å². The van der Waals surface area contributed by atoms with Crippen LogP contribution in [-0.4, -0.2) is 23.0 Å². The Kier molecular flexibility index (Phi) is 5.71. The normalized spacial score (nSPS) is 10.2. The Morgan fingerprint density at radius 1 is 1.20 bits per heavy atom. The van der Waals surface area contributed by atoms with E-state index in [1.807, 2.05) is 32.0 Å². The van der Waals surface area contributed by atoms with Gasteiger partial charge in [-0.2, -0.15) is 0 Å². The minimum absolute atomic E-state index is 0.227. The predicted octanol–water partition coefficient (Wildman–Crippen LogP) is 2.32. The largest absolute Gasteiger partial charge is 0.481 e. The third-order valence-corrected chi connectivity index (χ3v) is 2.63. The van der Waals surface area contributed by atoms with E-state index in [-0.39, 0.29) is 12.8 Å². The van der Waals surface area contributed by atoms with Crippen molar-refractivity contribution in [1.29, 1.82) is 0 Å². The van der Waals surface area contributed by atoms with Gasteiger partial charge in [0.1, 0.15) is 0 Å². The van der Waals surface area contributed by atoms with E-state index >= 15 is 0 Å². The third kappa shape index (κ3) is 5.51. The first-order valence-electron chi connectivity index (χ1n) is 6.31. The van der Waals surface area contributed by atoms with E-state index in [0.717, 1.165) is 5.56 Å². The zero-order chi connectivity index (χ0) is 15.1. The van der Waals surface area contributed by atoms with Crippen LogP contribution in [0.25, 0.3) is 0 Å². The van der Waals surface area contributed by atoms with Gasteiger partial charge in [-0.25, -0.2) is 4.79 Å². The van der Waals surface area contributed by atoms with Crippen LogP contribution in [0.15, 0.2) is 24.3 Å².